The van der Waals surface area contributed by atoms with Gasteiger partial charge < -0.3 is 14.7 Å². The minimum absolute atomic E-state index is 0.0769. The number of fused-ring (bicyclic) bond motifs is 1. The van der Waals surface area contributed by atoms with Gasteiger partial charge in [0.05, 0.1) is 18.2 Å². The first kappa shape index (κ1) is 19.6. The van der Waals surface area contributed by atoms with Crippen LogP contribution < -0.4 is 4.74 Å². The first-order valence-electron chi connectivity index (χ1n) is 10.2. The van der Waals surface area contributed by atoms with Crippen LogP contribution in [-0.2, 0) is 22.6 Å². The van der Waals surface area contributed by atoms with Crippen molar-refractivity contribution in [3.63, 3.8) is 0 Å². The number of thiophene rings is 1. The van der Waals surface area contributed by atoms with Gasteiger partial charge in [0.25, 0.3) is 11.7 Å². The predicted octanol–water partition coefficient (Wildman–Crippen LogP) is 4.69. The van der Waals surface area contributed by atoms with E-state index in [-0.39, 0.29) is 17.4 Å². The van der Waals surface area contributed by atoms with Crippen molar-refractivity contribution in [1.82, 2.24) is 4.90 Å². The van der Waals surface area contributed by atoms with E-state index in [0.717, 1.165) is 28.2 Å². The number of Topliss-reactive ketones (excluding diaryl/α,β-unsaturated/α-hetero) is 1. The lowest BCUT2D eigenvalue weighted by atomic mass is 9.94. The third-order valence-electron chi connectivity index (χ3n) is 5.73. The Hall–Kier alpha value is -3.38. The van der Waals surface area contributed by atoms with Crippen LogP contribution in [0, 0.1) is 0 Å². The third kappa shape index (κ3) is 3.43. The first-order chi connectivity index (χ1) is 15.0. The van der Waals surface area contributed by atoms with Crippen molar-refractivity contribution in [3.8, 4) is 5.75 Å². The zero-order valence-corrected chi connectivity index (χ0v) is 17.8. The number of carbonyl (C=O) groups is 2. The van der Waals surface area contributed by atoms with Crippen molar-refractivity contribution >= 4 is 28.8 Å². The second-order valence-electron chi connectivity index (χ2n) is 7.87. The minimum Gasteiger partial charge on any atom is -0.507 e. The number of hydrogen-bond acceptors (Lipinski definition) is 5. The molecule has 3 aromatic rings. The molecule has 0 saturated carbocycles. The van der Waals surface area contributed by atoms with E-state index in [1.165, 1.54) is 11.3 Å². The standard InChI is InChI=1S/C25H21NO4S/c1-15-12-18-13-17(9-10-20(18)30-15)23(27)21-22(16-6-3-2-4-7-16)26(25(29)24(21)28)14-19-8-5-11-31-19/h2-11,13,15,22,27H,12,14H2,1H3/b23-21-. The molecule has 1 amide bonds. The van der Waals surface area contributed by atoms with Crippen LogP contribution in [0.3, 0.4) is 0 Å². The molecule has 1 fully saturated rings. The summed E-state index contributed by atoms with van der Waals surface area (Å²) in [6.45, 7) is 2.30. The maximum Gasteiger partial charge on any atom is 0.295 e. The van der Waals surface area contributed by atoms with Crippen molar-refractivity contribution in [1.29, 1.82) is 0 Å². The molecule has 2 aliphatic rings. The fourth-order valence-electron chi connectivity index (χ4n) is 4.32. The number of amides is 1. The highest BCUT2D eigenvalue weighted by Gasteiger charge is 2.46. The largest absolute Gasteiger partial charge is 0.507 e. The summed E-state index contributed by atoms with van der Waals surface area (Å²) in [7, 11) is 0. The molecule has 1 aromatic heterocycles. The van der Waals surface area contributed by atoms with E-state index >= 15 is 0 Å². The lowest BCUT2D eigenvalue weighted by Crippen LogP contribution is -2.28. The van der Waals surface area contributed by atoms with Gasteiger partial charge in [-0.15, -0.1) is 11.3 Å². The molecule has 2 aromatic carbocycles. The van der Waals surface area contributed by atoms with E-state index in [0.29, 0.717) is 12.1 Å². The number of ether oxygens (including phenoxy) is 1. The number of likely N-dealkylation sites (tertiary alicyclic amines) is 1. The summed E-state index contributed by atoms with van der Waals surface area (Å²) in [5, 5.41) is 13.2. The molecular weight excluding hydrogens is 410 g/mol. The molecule has 0 spiro atoms. The van der Waals surface area contributed by atoms with Gasteiger partial charge in [0.1, 0.15) is 17.6 Å². The van der Waals surface area contributed by atoms with Crippen LogP contribution in [0.15, 0.2) is 71.6 Å². The molecule has 2 unspecified atom stereocenters. The number of rotatable bonds is 4. The molecule has 0 aliphatic carbocycles. The van der Waals surface area contributed by atoms with Crippen LogP contribution in [0.25, 0.3) is 5.76 Å². The Balaban J connectivity index is 1.62. The van der Waals surface area contributed by atoms with Gasteiger partial charge in [-0.25, -0.2) is 0 Å². The van der Waals surface area contributed by atoms with Gasteiger partial charge in [0, 0.05) is 16.9 Å². The van der Waals surface area contributed by atoms with E-state index in [4.69, 9.17) is 4.74 Å². The van der Waals surface area contributed by atoms with E-state index in [1.807, 2.05) is 66.9 Å². The van der Waals surface area contributed by atoms with Gasteiger partial charge in [-0.2, -0.15) is 0 Å². The SMILES string of the molecule is CC1Cc2cc(/C(O)=C3/C(=O)C(=O)N(Cc4cccs4)C3c3ccccc3)ccc2O1. The molecule has 1 N–H and O–H groups in total. The average molecular weight is 432 g/mol. The maximum atomic E-state index is 13.1. The number of ketones is 1. The Morgan fingerprint density at radius 2 is 1.94 bits per heavy atom. The van der Waals surface area contributed by atoms with Gasteiger partial charge in [-0.05, 0) is 47.7 Å². The highest BCUT2D eigenvalue weighted by molar-refractivity contribution is 7.09. The minimum atomic E-state index is -0.659. The average Bonchev–Trinajstić information content (AvgIpc) is 3.48. The van der Waals surface area contributed by atoms with Crippen LogP contribution >= 0.6 is 11.3 Å². The molecule has 156 valence electrons. The Kier molecular flexibility index (Phi) is 4.87. The van der Waals surface area contributed by atoms with Crippen molar-refractivity contribution in [2.45, 2.75) is 32.0 Å². The van der Waals surface area contributed by atoms with Crippen molar-refractivity contribution in [3.05, 3.63) is 93.2 Å². The second kappa shape index (κ2) is 7.71. The molecule has 6 heteroatoms. The van der Waals surface area contributed by atoms with Gasteiger partial charge in [0.2, 0.25) is 0 Å². The van der Waals surface area contributed by atoms with Crippen LogP contribution in [0.4, 0.5) is 0 Å². The van der Waals surface area contributed by atoms with Crippen LogP contribution in [0.5, 0.6) is 5.75 Å². The highest BCUT2D eigenvalue weighted by atomic mass is 32.1. The number of nitrogens with zero attached hydrogens (tertiary/aromatic N) is 1. The molecule has 3 heterocycles. The lowest BCUT2D eigenvalue weighted by Gasteiger charge is -2.25. The fourth-order valence-corrected chi connectivity index (χ4v) is 5.02. The van der Waals surface area contributed by atoms with Gasteiger partial charge in [0.15, 0.2) is 0 Å². The summed E-state index contributed by atoms with van der Waals surface area (Å²) < 4.78 is 5.75. The molecule has 1 saturated heterocycles. The summed E-state index contributed by atoms with van der Waals surface area (Å²) in [5.41, 5.74) is 2.42. The van der Waals surface area contributed by atoms with Crippen LogP contribution in [0.1, 0.15) is 34.5 Å². The smallest absolute Gasteiger partial charge is 0.295 e. The summed E-state index contributed by atoms with van der Waals surface area (Å²) in [6, 6.07) is 18.0. The fraction of sp³-hybridized carbons (Fsp3) is 0.200. The third-order valence-corrected chi connectivity index (χ3v) is 6.59. The second-order valence-corrected chi connectivity index (χ2v) is 8.90. The Labute approximate surface area is 184 Å². The number of hydrogen-bond donors (Lipinski definition) is 1. The van der Waals surface area contributed by atoms with Crippen molar-refractivity contribution < 1.29 is 19.4 Å². The topological polar surface area (TPSA) is 66.8 Å². The summed E-state index contributed by atoms with van der Waals surface area (Å²) in [6.07, 6.45) is 0.818. The van der Waals surface area contributed by atoms with Crippen molar-refractivity contribution in [2.24, 2.45) is 0 Å². The zero-order valence-electron chi connectivity index (χ0n) is 16.9. The zero-order chi connectivity index (χ0) is 21.5. The van der Waals surface area contributed by atoms with E-state index < -0.39 is 17.7 Å². The molecule has 5 rings (SSSR count). The quantitative estimate of drug-likeness (QED) is 0.370. The summed E-state index contributed by atoms with van der Waals surface area (Å²) in [4.78, 5) is 28.6. The van der Waals surface area contributed by atoms with Gasteiger partial charge in [-0.3, -0.25) is 9.59 Å². The predicted molar refractivity (Wildman–Crippen MR) is 119 cm³/mol. The number of aliphatic hydroxyl groups is 1. The lowest BCUT2D eigenvalue weighted by molar-refractivity contribution is -0.140. The van der Waals surface area contributed by atoms with E-state index in [1.54, 1.807) is 11.0 Å². The molecule has 2 aliphatic heterocycles. The number of carbonyl (C=O) groups excluding carboxylic acids is 2. The molecule has 0 bridgehead atoms. The normalized spacial score (nSPS) is 21.9. The monoisotopic (exact) mass is 431 g/mol. The van der Waals surface area contributed by atoms with Gasteiger partial charge in [-0.1, -0.05) is 36.4 Å². The Morgan fingerprint density at radius 1 is 1.13 bits per heavy atom. The highest BCUT2D eigenvalue weighted by Crippen LogP contribution is 2.41. The first-order valence-corrected chi connectivity index (χ1v) is 11.1. The Morgan fingerprint density at radius 3 is 2.68 bits per heavy atom. The van der Waals surface area contributed by atoms with Gasteiger partial charge >= 0.3 is 0 Å². The molecular formula is C25H21NO4S. The molecule has 5 nitrogen and oxygen atoms in total. The van der Waals surface area contributed by atoms with Crippen LogP contribution in [0.2, 0.25) is 0 Å². The van der Waals surface area contributed by atoms with Crippen LogP contribution in [-0.4, -0.2) is 27.8 Å². The number of aliphatic hydroxyl groups excluding tert-OH is 1. The Bertz CT molecular complexity index is 1180. The van der Waals surface area contributed by atoms with Crippen molar-refractivity contribution in [2.75, 3.05) is 0 Å². The molecule has 31 heavy (non-hydrogen) atoms. The summed E-state index contributed by atoms with van der Waals surface area (Å²) >= 11 is 1.53. The number of benzene rings is 2. The molecule has 2 atom stereocenters. The summed E-state index contributed by atoms with van der Waals surface area (Å²) in [5.74, 6) is -0.611. The van der Waals surface area contributed by atoms with E-state index in [2.05, 4.69) is 0 Å². The maximum absolute atomic E-state index is 13.1. The molecule has 0 radical (unpaired) electrons. The van der Waals surface area contributed by atoms with E-state index in [9.17, 15) is 14.7 Å².